The van der Waals surface area contributed by atoms with Crippen LogP contribution in [0.5, 0.6) is 0 Å². The Morgan fingerprint density at radius 1 is 0.729 bits per heavy atom. The molecule has 5 rings (SSSR count). The van der Waals surface area contributed by atoms with Crippen molar-refractivity contribution < 1.29 is 19.2 Å². The van der Waals surface area contributed by atoms with Crippen LogP contribution < -0.4 is 16.4 Å². The lowest BCUT2D eigenvalue weighted by Crippen LogP contribution is -2.57. The molecule has 1 aliphatic heterocycles. The van der Waals surface area contributed by atoms with E-state index in [1.165, 1.54) is 0 Å². The first-order valence-electron chi connectivity index (χ1n) is 16.8. The van der Waals surface area contributed by atoms with Crippen LogP contribution in [0.25, 0.3) is 0 Å². The maximum absolute atomic E-state index is 14.0. The number of nitrogens with two attached hydrogens (primary N) is 1. The van der Waals surface area contributed by atoms with E-state index in [4.69, 9.17) is 5.73 Å². The third-order valence-corrected chi connectivity index (χ3v) is 9.00. The molecule has 0 bridgehead atoms. The Morgan fingerprint density at radius 2 is 1.31 bits per heavy atom. The molecular weight excluding hydrogens is 600 g/mol. The number of amides is 3. The van der Waals surface area contributed by atoms with E-state index in [2.05, 4.69) is 10.6 Å². The van der Waals surface area contributed by atoms with Crippen LogP contribution in [0.2, 0.25) is 0 Å². The normalized spacial score (nSPS) is 14.5. The van der Waals surface area contributed by atoms with Gasteiger partial charge in [-0.1, -0.05) is 115 Å². The zero-order valence-corrected chi connectivity index (χ0v) is 27.2. The number of nitrogens with one attached hydrogen (secondary N) is 2. The van der Waals surface area contributed by atoms with Crippen LogP contribution in [0.1, 0.15) is 70.6 Å². The van der Waals surface area contributed by atoms with E-state index in [1.54, 1.807) is 29.2 Å². The Kier molecular flexibility index (Phi) is 12.3. The van der Waals surface area contributed by atoms with Gasteiger partial charge in [0.25, 0.3) is 0 Å². The van der Waals surface area contributed by atoms with E-state index in [0.29, 0.717) is 44.3 Å². The molecule has 0 radical (unpaired) electrons. The van der Waals surface area contributed by atoms with Crippen molar-refractivity contribution in [3.63, 3.8) is 0 Å². The van der Waals surface area contributed by atoms with Crippen LogP contribution in [-0.2, 0) is 27.3 Å². The first-order chi connectivity index (χ1) is 23.4. The van der Waals surface area contributed by atoms with Gasteiger partial charge in [-0.15, -0.1) is 0 Å². The number of rotatable bonds is 15. The average molecular weight is 645 g/mol. The fourth-order valence-corrected chi connectivity index (χ4v) is 6.31. The molecule has 0 unspecified atom stereocenters. The van der Waals surface area contributed by atoms with Crippen molar-refractivity contribution in [1.29, 1.82) is 0 Å². The number of Topliss-reactive ketones (excluding diaryl/α,β-unsaturated/α-hetero) is 1. The third-order valence-electron chi connectivity index (χ3n) is 9.00. The minimum atomic E-state index is -0.814. The predicted octanol–water partition coefficient (Wildman–Crippen LogP) is 5.17. The van der Waals surface area contributed by atoms with Gasteiger partial charge in [-0.05, 0) is 48.1 Å². The summed E-state index contributed by atoms with van der Waals surface area (Å²) in [6.45, 7) is 1.09. The van der Waals surface area contributed by atoms with Gasteiger partial charge in [-0.2, -0.15) is 0 Å². The molecule has 0 saturated heterocycles. The van der Waals surface area contributed by atoms with Crippen LogP contribution in [0.4, 0.5) is 0 Å². The number of carbonyl (C=O) groups is 4. The summed E-state index contributed by atoms with van der Waals surface area (Å²) in [5, 5.41) is 6.11. The average Bonchev–Trinajstić information content (AvgIpc) is 3.14. The van der Waals surface area contributed by atoms with Crippen molar-refractivity contribution in [3.8, 4) is 0 Å². The van der Waals surface area contributed by atoms with Gasteiger partial charge in [0, 0.05) is 43.8 Å². The summed E-state index contributed by atoms with van der Waals surface area (Å²) in [4.78, 5) is 55.8. The summed E-state index contributed by atoms with van der Waals surface area (Å²) >= 11 is 0. The van der Waals surface area contributed by atoms with Crippen LogP contribution in [0, 0.1) is 0 Å². The minimum Gasteiger partial charge on any atom is -0.353 e. The van der Waals surface area contributed by atoms with Crippen molar-refractivity contribution in [1.82, 2.24) is 15.5 Å². The number of hydrogen-bond donors (Lipinski definition) is 3. The number of unbranched alkanes of at least 4 members (excludes halogenated alkanes) is 1. The highest BCUT2D eigenvalue weighted by atomic mass is 16.2. The molecule has 4 aromatic carbocycles. The summed E-state index contributed by atoms with van der Waals surface area (Å²) in [6.07, 6.45) is 2.14. The van der Waals surface area contributed by atoms with Gasteiger partial charge in [0.1, 0.15) is 12.1 Å². The maximum Gasteiger partial charge on any atom is 0.243 e. The zero-order chi connectivity index (χ0) is 33.7. The van der Waals surface area contributed by atoms with Crippen molar-refractivity contribution in [2.75, 3.05) is 13.1 Å². The van der Waals surface area contributed by atoms with E-state index in [0.717, 1.165) is 22.3 Å². The molecule has 0 aliphatic carbocycles. The molecule has 8 heteroatoms. The van der Waals surface area contributed by atoms with Gasteiger partial charge in [0.2, 0.25) is 17.7 Å². The molecule has 48 heavy (non-hydrogen) atoms. The second-order valence-corrected chi connectivity index (χ2v) is 12.3. The van der Waals surface area contributed by atoms with Gasteiger partial charge < -0.3 is 21.3 Å². The number of fused-ring (bicyclic) bond motifs is 1. The van der Waals surface area contributed by atoms with Gasteiger partial charge in [-0.3, -0.25) is 19.2 Å². The highest BCUT2D eigenvalue weighted by Crippen LogP contribution is 2.26. The highest BCUT2D eigenvalue weighted by molar-refractivity contribution is 5.98. The van der Waals surface area contributed by atoms with Crippen LogP contribution in [-0.4, -0.2) is 53.6 Å². The van der Waals surface area contributed by atoms with Crippen molar-refractivity contribution >= 4 is 23.5 Å². The van der Waals surface area contributed by atoms with E-state index in [-0.39, 0.29) is 48.8 Å². The molecule has 0 fully saturated rings. The van der Waals surface area contributed by atoms with Gasteiger partial charge >= 0.3 is 0 Å². The molecule has 1 heterocycles. The zero-order valence-electron chi connectivity index (χ0n) is 27.2. The Bertz CT molecular complexity index is 1620. The van der Waals surface area contributed by atoms with Crippen molar-refractivity contribution in [2.45, 2.75) is 63.1 Å². The molecule has 4 N–H and O–H groups in total. The summed E-state index contributed by atoms with van der Waals surface area (Å²) in [5.74, 6) is -1.13. The van der Waals surface area contributed by atoms with Crippen LogP contribution in [0.3, 0.4) is 0 Å². The molecule has 0 aromatic heterocycles. The topological polar surface area (TPSA) is 122 Å². The second-order valence-electron chi connectivity index (χ2n) is 12.3. The SMILES string of the molecule is NCCCC[C@@H](NC(=O)[C@@H]1Cc2ccccc2CN1C(=O)CCC(=O)c1ccccc1)C(=O)NCC(c1ccccc1)c1ccccc1. The lowest BCUT2D eigenvalue weighted by Gasteiger charge is -2.37. The highest BCUT2D eigenvalue weighted by Gasteiger charge is 2.36. The van der Waals surface area contributed by atoms with Gasteiger partial charge in [-0.25, -0.2) is 0 Å². The first kappa shape index (κ1) is 34.3. The lowest BCUT2D eigenvalue weighted by molar-refractivity contribution is -0.142. The first-order valence-corrected chi connectivity index (χ1v) is 16.8. The van der Waals surface area contributed by atoms with Crippen LogP contribution >= 0.6 is 0 Å². The number of nitrogens with zero attached hydrogens (tertiary/aromatic N) is 1. The Morgan fingerprint density at radius 3 is 1.94 bits per heavy atom. The van der Waals surface area contributed by atoms with Gasteiger partial charge in [0.15, 0.2) is 5.78 Å². The van der Waals surface area contributed by atoms with Gasteiger partial charge in [0.05, 0.1) is 0 Å². The van der Waals surface area contributed by atoms with Crippen molar-refractivity contribution in [3.05, 3.63) is 143 Å². The van der Waals surface area contributed by atoms with Crippen LogP contribution in [0.15, 0.2) is 115 Å². The summed E-state index contributed by atoms with van der Waals surface area (Å²) in [6, 6.07) is 35.1. The summed E-state index contributed by atoms with van der Waals surface area (Å²) < 4.78 is 0. The molecule has 0 saturated carbocycles. The minimum absolute atomic E-state index is 0.0134. The number of carbonyl (C=O) groups excluding carboxylic acids is 4. The Balaban J connectivity index is 1.31. The molecule has 1 aliphatic rings. The Labute approximate surface area is 282 Å². The fraction of sp³-hybridized carbons (Fsp3) is 0.300. The van der Waals surface area contributed by atoms with E-state index >= 15 is 0 Å². The number of ketones is 1. The van der Waals surface area contributed by atoms with E-state index in [9.17, 15) is 19.2 Å². The molecule has 3 amide bonds. The molecule has 8 nitrogen and oxygen atoms in total. The maximum atomic E-state index is 14.0. The predicted molar refractivity (Wildman–Crippen MR) is 187 cm³/mol. The summed E-state index contributed by atoms with van der Waals surface area (Å²) in [5.41, 5.74) is 10.4. The van der Waals surface area contributed by atoms with E-state index in [1.807, 2.05) is 91.0 Å². The smallest absolute Gasteiger partial charge is 0.243 e. The molecule has 2 atom stereocenters. The second kappa shape index (κ2) is 17.2. The quantitative estimate of drug-likeness (QED) is 0.122. The fourth-order valence-electron chi connectivity index (χ4n) is 6.31. The largest absolute Gasteiger partial charge is 0.353 e. The molecular formula is C40H44N4O4. The number of benzene rings is 4. The standard InChI is InChI=1S/C40H44N4O4/c41-25-13-12-22-35(39(47)42-27-34(29-14-4-1-5-15-29)30-16-6-2-7-17-30)43-40(48)36-26-32-20-10-11-21-33(32)28-44(36)38(46)24-23-37(45)31-18-8-3-9-19-31/h1-11,14-21,34-36H,12-13,22-28,41H2,(H,42,47)(H,43,48)/t35-,36+/m1/s1. The summed E-state index contributed by atoms with van der Waals surface area (Å²) in [7, 11) is 0. The molecule has 248 valence electrons. The molecule has 4 aromatic rings. The van der Waals surface area contributed by atoms with E-state index < -0.39 is 12.1 Å². The Hall–Kier alpha value is -5.08. The van der Waals surface area contributed by atoms with Crippen molar-refractivity contribution in [2.24, 2.45) is 5.73 Å². The third kappa shape index (κ3) is 9.04. The monoisotopic (exact) mass is 644 g/mol. The number of hydrogen-bond acceptors (Lipinski definition) is 5. The lowest BCUT2D eigenvalue weighted by atomic mass is 9.91. The molecule has 0 spiro atoms.